The Morgan fingerprint density at radius 3 is 2.67 bits per heavy atom. The summed E-state index contributed by atoms with van der Waals surface area (Å²) >= 11 is 0. The zero-order valence-electron chi connectivity index (χ0n) is 12.2. The number of nitrogens with two attached hydrogens (primary N) is 1. The van der Waals surface area contributed by atoms with Gasteiger partial charge in [-0.25, -0.2) is 13.6 Å². The number of hydrogen-bond acceptors (Lipinski definition) is 4. The first-order valence-corrected chi connectivity index (χ1v) is 8.43. The third-order valence-electron chi connectivity index (χ3n) is 3.17. The highest BCUT2D eigenvalue weighted by Gasteiger charge is 2.21. The molecule has 0 amide bonds. The van der Waals surface area contributed by atoms with Crippen LogP contribution in [0.25, 0.3) is 11.3 Å². The van der Waals surface area contributed by atoms with Crippen LogP contribution in [-0.4, -0.2) is 15.0 Å². The number of aryl methyl sites for hydroxylation is 1. The fraction of sp³-hybridized carbons (Fsp3) is 0.333. The third kappa shape index (κ3) is 3.65. The lowest BCUT2D eigenvalue weighted by molar-refractivity contribution is 0.577. The number of sulfonamides is 1. The fourth-order valence-corrected chi connectivity index (χ4v) is 3.04. The number of benzene rings is 1. The van der Waals surface area contributed by atoms with Crippen LogP contribution in [0.3, 0.4) is 0 Å². The molecule has 0 saturated heterocycles. The van der Waals surface area contributed by atoms with E-state index in [2.05, 4.69) is 12.2 Å². The minimum atomic E-state index is -3.84. The molecule has 3 N–H and O–H groups in total. The van der Waals surface area contributed by atoms with Crippen molar-refractivity contribution in [1.82, 2.24) is 0 Å². The maximum atomic E-state index is 11.9. The smallest absolute Gasteiger partial charge is 0.238 e. The molecule has 0 aliphatic rings. The first-order valence-electron chi connectivity index (χ1n) is 6.88. The van der Waals surface area contributed by atoms with E-state index in [4.69, 9.17) is 9.56 Å². The van der Waals surface area contributed by atoms with Crippen molar-refractivity contribution in [1.29, 1.82) is 0 Å². The van der Waals surface area contributed by atoms with E-state index in [-0.39, 0.29) is 4.90 Å². The lowest BCUT2D eigenvalue weighted by Crippen LogP contribution is -2.15. The highest BCUT2D eigenvalue weighted by molar-refractivity contribution is 7.89. The summed E-state index contributed by atoms with van der Waals surface area (Å²) in [7, 11) is -3.84. The van der Waals surface area contributed by atoms with Gasteiger partial charge in [0, 0.05) is 12.2 Å². The van der Waals surface area contributed by atoms with E-state index in [0.29, 0.717) is 11.3 Å². The molecule has 114 valence electrons. The molecule has 0 aliphatic carbocycles. The van der Waals surface area contributed by atoms with Crippen LogP contribution < -0.4 is 10.5 Å². The molecule has 0 aliphatic heterocycles. The molecule has 0 bridgehead atoms. The summed E-state index contributed by atoms with van der Waals surface area (Å²) in [5.74, 6) is 0.484. The van der Waals surface area contributed by atoms with E-state index < -0.39 is 10.0 Å². The van der Waals surface area contributed by atoms with Gasteiger partial charge in [0.15, 0.2) is 0 Å². The maximum absolute atomic E-state index is 11.9. The molecule has 1 aromatic heterocycles. The summed E-state index contributed by atoms with van der Waals surface area (Å²) in [6.07, 6.45) is 3.56. The monoisotopic (exact) mass is 308 g/mol. The molecule has 0 spiro atoms. The molecule has 0 fully saturated rings. The zero-order valence-corrected chi connectivity index (χ0v) is 13.0. The van der Waals surface area contributed by atoms with Gasteiger partial charge in [-0.15, -0.1) is 0 Å². The van der Waals surface area contributed by atoms with E-state index in [1.165, 1.54) is 6.26 Å². The third-order valence-corrected chi connectivity index (χ3v) is 4.10. The lowest BCUT2D eigenvalue weighted by atomic mass is 10.1. The molecular weight excluding hydrogens is 288 g/mol. The van der Waals surface area contributed by atoms with E-state index in [1.54, 1.807) is 18.2 Å². The molecule has 1 aromatic carbocycles. The molecular formula is C15H20N2O3S. The largest absolute Gasteiger partial charge is 0.464 e. The van der Waals surface area contributed by atoms with Gasteiger partial charge in [0.05, 0.1) is 16.7 Å². The van der Waals surface area contributed by atoms with E-state index >= 15 is 0 Å². The second-order valence-electron chi connectivity index (χ2n) is 4.99. The van der Waals surface area contributed by atoms with E-state index in [0.717, 1.165) is 30.6 Å². The maximum Gasteiger partial charge on any atom is 0.238 e. The van der Waals surface area contributed by atoms with Gasteiger partial charge in [-0.2, -0.15) is 0 Å². The van der Waals surface area contributed by atoms with Crippen LogP contribution in [0.2, 0.25) is 0 Å². The van der Waals surface area contributed by atoms with Crippen LogP contribution >= 0.6 is 0 Å². The molecule has 0 radical (unpaired) electrons. The standard InChI is InChI=1S/C15H20N2O3S/c1-3-4-7-17-12-9-11(2)10-14(21(16,18)19)15(12)13-6-5-8-20-13/h5-6,8-10,17H,3-4,7H2,1-2H3,(H2,16,18,19). The summed E-state index contributed by atoms with van der Waals surface area (Å²) in [4.78, 5) is 0.0800. The molecule has 5 nitrogen and oxygen atoms in total. The molecule has 0 atom stereocenters. The van der Waals surface area contributed by atoms with Gasteiger partial charge in [0.1, 0.15) is 5.76 Å². The predicted octanol–water partition coefficient (Wildman–Crippen LogP) is 3.11. The Morgan fingerprint density at radius 2 is 2.10 bits per heavy atom. The highest BCUT2D eigenvalue weighted by Crippen LogP contribution is 2.35. The second kappa shape index (κ2) is 6.32. The van der Waals surface area contributed by atoms with Crippen molar-refractivity contribution >= 4 is 15.7 Å². The van der Waals surface area contributed by atoms with Crippen LogP contribution in [0.4, 0.5) is 5.69 Å². The van der Waals surface area contributed by atoms with Gasteiger partial charge in [-0.1, -0.05) is 13.3 Å². The van der Waals surface area contributed by atoms with Gasteiger partial charge < -0.3 is 9.73 Å². The number of hydrogen-bond donors (Lipinski definition) is 2. The van der Waals surface area contributed by atoms with Gasteiger partial charge in [-0.3, -0.25) is 0 Å². The average Bonchev–Trinajstić information content (AvgIpc) is 2.91. The number of unbranched alkanes of at least 4 members (excludes halogenated alkanes) is 1. The Labute approximate surface area is 125 Å². The van der Waals surface area contributed by atoms with Gasteiger partial charge in [-0.05, 0) is 43.2 Å². The first-order chi connectivity index (χ1) is 9.93. The molecule has 0 unspecified atom stereocenters. The summed E-state index contributed by atoms with van der Waals surface area (Å²) in [6.45, 7) is 4.70. The summed E-state index contributed by atoms with van der Waals surface area (Å²) in [5, 5.41) is 8.63. The highest BCUT2D eigenvalue weighted by atomic mass is 32.2. The van der Waals surface area contributed by atoms with Crippen LogP contribution in [0, 0.1) is 6.92 Å². The second-order valence-corrected chi connectivity index (χ2v) is 6.52. The van der Waals surface area contributed by atoms with Crippen molar-refractivity contribution in [2.45, 2.75) is 31.6 Å². The van der Waals surface area contributed by atoms with Gasteiger partial charge in [0.25, 0.3) is 0 Å². The normalized spacial score (nSPS) is 11.6. The van der Waals surface area contributed by atoms with Gasteiger partial charge in [0.2, 0.25) is 10.0 Å². The first kappa shape index (κ1) is 15.6. The SMILES string of the molecule is CCCCNc1cc(C)cc(S(N)(=O)=O)c1-c1ccco1. The molecule has 2 rings (SSSR count). The van der Waals surface area contributed by atoms with Crippen molar-refractivity contribution in [2.75, 3.05) is 11.9 Å². The quantitative estimate of drug-likeness (QED) is 0.803. The van der Waals surface area contributed by atoms with Crippen molar-refractivity contribution in [3.05, 3.63) is 36.1 Å². The van der Waals surface area contributed by atoms with Crippen molar-refractivity contribution < 1.29 is 12.8 Å². The minimum Gasteiger partial charge on any atom is -0.464 e. The zero-order chi connectivity index (χ0) is 15.5. The van der Waals surface area contributed by atoms with Crippen molar-refractivity contribution in [2.24, 2.45) is 5.14 Å². The summed E-state index contributed by atoms with van der Waals surface area (Å²) in [6, 6.07) is 6.92. The average molecular weight is 308 g/mol. The number of rotatable bonds is 6. The van der Waals surface area contributed by atoms with Crippen LogP contribution in [0.1, 0.15) is 25.3 Å². The molecule has 2 aromatic rings. The Balaban J connectivity index is 2.60. The predicted molar refractivity (Wildman–Crippen MR) is 83.7 cm³/mol. The molecule has 21 heavy (non-hydrogen) atoms. The van der Waals surface area contributed by atoms with Crippen LogP contribution in [0.15, 0.2) is 39.8 Å². The van der Waals surface area contributed by atoms with Crippen molar-refractivity contribution in [3.63, 3.8) is 0 Å². The number of nitrogens with one attached hydrogen (secondary N) is 1. The number of anilines is 1. The van der Waals surface area contributed by atoms with Crippen LogP contribution in [0.5, 0.6) is 0 Å². The van der Waals surface area contributed by atoms with E-state index in [9.17, 15) is 8.42 Å². The number of primary sulfonamides is 1. The summed E-state index contributed by atoms with van der Waals surface area (Å²) < 4.78 is 29.2. The van der Waals surface area contributed by atoms with Gasteiger partial charge >= 0.3 is 0 Å². The Hall–Kier alpha value is -1.79. The number of furan rings is 1. The molecule has 0 saturated carbocycles. The van der Waals surface area contributed by atoms with Crippen molar-refractivity contribution in [3.8, 4) is 11.3 Å². The fourth-order valence-electron chi connectivity index (χ4n) is 2.19. The molecule has 6 heteroatoms. The Bertz CT molecular complexity index is 707. The topological polar surface area (TPSA) is 85.3 Å². The minimum absolute atomic E-state index is 0.0800. The Kier molecular flexibility index (Phi) is 4.69. The summed E-state index contributed by atoms with van der Waals surface area (Å²) in [5.41, 5.74) is 2.04. The van der Waals surface area contributed by atoms with E-state index in [1.807, 2.05) is 13.0 Å². The van der Waals surface area contributed by atoms with Crippen LogP contribution in [-0.2, 0) is 10.0 Å². The Morgan fingerprint density at radius 1 is 1.33 bits per heavy atom. The lowest BCUT2D eigenvalue weighted by Gasteiger charge is -2.15. The molecule has 1 heterocycles.